The van der Waals surface area contributed by atoms with Crippen LogP contribution in [-0.2, 0) is 6.54 Å². The Kier molecular flexibility index (Phi) is 4.62. The van der Waals surface area contributed by atoms with E-state index in [0.717, 1.165) is 18.7 Å². The fourth-order valence-electron chi connectivity index (χ4n) is 2.42. The predicted molar refractivity (Wildman–Crippen MR) is 70.0 cm³/mol. The molecule has 0 amide bonds. The first kappa shape index (κ1) is 13.7. The molecule has 19 heavy (non-hydrogen) atoms. The third-order valence-electron chi connectivity index (χ3n) is 3.49. The zero-order chi connectivity index (χ0) is 13.7. The van der Waals surface area contributed by atoms with Crippen molar-refractivity contribution in [2.45, 2.75) is 32.2 Å². The van der Waals surface area contributed by atoms with Crippen LogP contribution < -0.4 is 11.0 Å². The number of nitrogens with one attached hydrogen (secondary N) is 1. The normalized spacial score (nSPS) is 15.8. The molecule has 1 N–H and O–H groups in total. The molecule has 0 saturated heterocycles. The monoisotopic (exact) mass is 266 g/mol. The summed E-state index contributed by atoms with van der Waals surface area (Å²) in [6.07, 6.45) is 7.38. The van der Waals surface area contributed by atoms with E-state index in [9.17, 15) is 14.9 Å². The van der Waals surface area contributed by atoms with Crippen molar-refractivity contribution < 1.29 is 4.92 Å². The third kappa shape index (κ3) is 3.85. The van der Waals surface area contributed by atoms with E-state index in [1.54, 1.807) is 0 Å². The van der Waals surface area contributed by atoms with Crippen molar-refractivity contribution in [2.24, 2.45) is 5.92 Å². The Morgan fingerprint density at radius 2 is 2.21 bits per heavy atom. The molecule has 7 nitrogen and oxygen atoms in total. The molecular formula is C12H18N4O3. The quantitative estimate of drug-likeness (QED) is 0.470. The summed E-state index contributed by atoms with van der Waals surface area (Å²) in [5.74, 6) is 0.736. The van der Waals surface area contributed by atoms with Crippen LogP contribution in [-0.4, -0.2) is 27.6 Å². The molecule has 1 fully saturated rings. The number of hydrogen-bond acceptors (Lipinski definition) is 5. The zero-order valence-electron chi connectivity index (χ0n) is 10.7. The molecule has 2 rings (SSSR count). The van der Waals surface area contributed by atoms with Gasteiger partial charge in [0.2, 0.25) is 0 Å². The Labute approximate surface area is 110 Å². The fraction of sp³-hybridized carbons (Fsp3) is 0.667. The van der Waals surface area contributed by atoms with Gasteiger partial charge in [0.25, 0.3) is 0 Å². The SMILES string of the molecule is O=c1ncc([N+](=O)[O-])cn1CCNCC1CCCC1. The van der Waals surface area contributed by atoms with Crippen LogP contribution in [0, 0.1) is 16.0 Å². The summed E-state index contributed by atoms with van der Waals surface area (Å²) in [5, 5.41) is 13.9. The highest BCUT2D eigenvalue weighted by Gasteiger charge is 2.14. The molecular weight excluding hydrogens is 248 g/mol. The van der Waals surface area contributed by atoms with Gasteiger partial charge in [-0.25, -0.2) is 4.79 Å². The van der Waals surface area contributed by atoms with Crippen LogP contribution >= 0.6 is 0 Å². The van der Waals surface area contributed by atoms with Crippen molar-refractivity contribution in [3.8, 4) is 0 Å². The lowest BCUT2D eigenvalue weighted by atomic mass is 10.1. The highest BCUT2D eigenvalue weighted by atomic mass is 16.6. The highest BCUT2D eigenvalue weighted by molar-refractivity contribution is 5.20. The Bertz CT molecular complexity index is 494. The molecule has 1 saturated carbocycles. The maximum Gasteiger partial charge on any atom is 0.348 e. The fourth-order valence-corrected chi connectivity index (χ4v) is 2.42. The lowest BCUT2D eigenvalue weighted by molar-refractivity contribution is -0.385. The summed E-state index contributed by atoms with van der Waals surface area (Å²) in [4.78, 5) is 25.0. The van der Waals surface area contributed by atoms with Crippen LogP contribution in [0.3, 0.4) is 0 Å². The molecule has 0 spiro atoms. The molecule has 104 valence electrons. The maximum atomic E-state index is 11.4. The first-order valence-electron chi connectivity index (χ1n) is 6.58. The van der Waals surface area contributed by atoms with Crippen LogP contribution in [0.5, 0.6) is 0 Å². The van der Waals surface area contributed by atoms with Gasteiger partial charge in [-0.2, -0.15) is 4.98 Å². The lowest BCUT2D eigenvalue weighted by Crippen LogP contribution is -2.30. The van der Waals surface area contributed by atoms with Crippen molar-refractivity contribution in [3.63, 3.8) is 0 Å². The second-order valence-corrected chi connectivity index (χ2v) is 4.90. The zero-order valence-corrected chi connectivity index (χ0v) is 10.7. The average molecular weight is 266 g/mol. The first-order valence-corrected chi connectivity index (χ1v) is 6.58. The van der Waals surface area contributed by atoms with E-state index in [4.69, 9.17) is 0 Å². The molecule has 0 aliphatic heterocycles. The molecule has 1 heterocycles. The molecule has 1 aromatic heterocycles. The summed E-state index contributed by atoms with van der Waals surface area (Å²) in [6, 6.07) is 0. The van der Waals surface area contributed by atoms with Crippen molar-refractivity contribution in [1.82, 2.24) is 14.9 Å². The Morgan fingerprint density at radius 1 is 1.47 bits per heavy atom. The molecule has 1 aromatic rings. The van der Waals surface area contributed by atoms with Crippen LogP contribution in [0.4, 0.5) is 5.69 Å². The van der Waals surface area contributed by atoms with E-state index in [1.165, 1.54) is 36.4 Å². The van der Waals surface area contributed by atoms with Crippen LogP contribution in [0.1, 0.15) is 25.7 Å². The third-order valence-corrected chi connectivity index (χ3v) is 3.49. The Morgan fingerprint density at radius 3 is 2.89 bits per heavy atom. The number of hydrogen-bond donors (Lipinski definition) is 1. The molecule has 0 bridgehead atoms. The van der Waals surface area contributed by atoms with Gasteiger partial charge >= 0.3 is 11.4 Å². The highest BCUT2D eigenvalue weighted by Crippen LogP contribution is 2.23. The van der Waals surface area contributed by atoms with Crippen molar-refractivity contribution in [1.29, 1.82) is 0 Å². The molecule has 0 aromatic carbocycles. The lowest BCUT2D eigenvalue weighted by Gasteiger charge is -2.10. The number of nitrogens with zero attached hydrogens (tertiary/aromatic N) is 3. The predicted octanol–water partition coefficient (Wildman–Crippen LogP) is 0.931. The van der Waals surface area contributed by atoms with Crippen LogP contribution in [0.15, 0.2) is 17.2 Å². The standard InChI is InChI=1S/C12H18N4O3/c17-12-14-8-11(16(18)19)9-15(12)6-5-13-7-10-3-1-2-4-10/h8-10,13H,1-7H2. The van der Waals surface area contributed by atoms with Gasteiger partial charge in [-0.15, -0.1) is 0 Å². The van der Waals surface area contributed by atoms with E-state index in [2.05, 4.69) is 10.3 Å². The van der Waals surface area contributed by atoms with Crippen molar-refractivity contribution in [3.05, 3.63) is 33.0 Å². The minimum Gasteiger partial charge on any atom is -0.315 e. The summed E-state index contributed by atoms with van der Waals surface area (Å²) >= 11 is 0. The van der Waals surface area contributed by atoms with Gasteiger partial charge in [0.15, 0.2) is 0 Å². The van der Waals surface area contributed by atoms with E-state index < -0.39 is 10.6 Å². The Balaban J connectivity index is 1.83. The second-order valence-electron chi connectivity index (χ2n) is 4.90. The summed E-state index contributed by atoms with van der Waals surface area (Å²) in [7, 11) is 0. The number of aromatic nitrogens is 2. The summed E-state index contributed by atoms with van der Waals surface area (Å²) in [5.41, 5.74) is -0.608. The second kappa shape index (κ2) is 6.42. The smallest absolute Gasteiger partial charge is 0.315 e. The molecule has 0 unspecified atom stereocenters. The average Bonchev–Trinajstić information content (AvgIpc) is 2.89. The topological polar surface area (TPSA) is 90.1 Å². The number of rotatable bonds is 6. The van der Waals surface area contributed by atoms with Gasteiger partial charge in [0.1, 0.15) is 6.20 Å². The van der Waals surface area contributed by atoms with Crippen LogP contribution in [0.2, 0.25) is 0 Å². The largest absolute Gasteiger partial charge is 0.348 e. The molecule has 7 heteroatoms. The van der Waals surface area contributed by atoms with Gasteiger partial charge in [0.05, 0.1) is 11.1 Å². The van der Waals surface area contributed by atoms with Crippen LogP contribution in [0.25, 0.3) is 0 Å². The maximum absolute atomic E-state index is 11.4. The van der Waals surface area contributed by atoms with E-state index in [-0.39, 0.29) is 5.69 Å². The van der Waals surface area contributed by atoms with E-state index in [1.807, 2.05) is 0 Å². The molecule has 1 aliphatic rings. The van der Waals surface area contributed by atoms with Gasteiger partial charge < -0.3 is 5.32 Å². The summed E-state index contributed by atoms with van der Waals surface area (Å²) < 4.78 is 1.28. The van der Waals surface area contributed by atoms with Crippen molar-refractivity contribution in [2.75, 3.05) is 13.1 Å². The van der Waals surface area contributed by atoms with Gasteiger partial charge in [-0.3, -0.25) is 14.7 Å². The number of nitro groups is 1. The van der Waals surface area contributed by atoms with Gasteiger partial charge in [-0.05, 0) is 25.3 Å². The molecule has 1 aliphatic carbocycles. The van der Waals surface area contributed by atoms with Gasteiger partial charge in [-0.1, -0.05) is 12.8 Å². The minimum atomic E-state index is -0.547. The van der Waals surface area contributed by atoms with Gasteiger partial charge in [0, 0.05) is 13.1 Å². The Hall–Kier alpha value is -1.76. The first-order chi connectivity index (χ1) is 9.16. The minimum absolute atomic E-state index is 0.157. The molecule has 0 radical (unpaired) electrons. The molecule has 0 atom stereocenters. The van der Waals surface area contributed by atoms with E-state index >= 15 is 0 Å². The summed E-state index contributed by atoms with van der Waals surface area (Å²) in [6.45, 7) is 1.98. The van der Waals surface area contributed by atoms with E-state index in [0.29, 0.717) is 13.1 Å². The van der Waals surface area contributed by atoms with Crippen molar-refractivity contribution >= 4 is 5.69 Å².